The molecule has 0 aromatic carbocycles. The van der Waals surface area contributed by atoms with Crippen molar-refractivity contribution in [2.24, 2.45) is 17.8 Å². The van der Waals surface area contributed by atoms with Crippen LogP contribution in [-0.2, 0) is 4.74 Å². The number of hydrogen-bond donors (Lipinski definition) is 1. The molecule has 2 unspecified atom stereocenters. The predicted octanol–water partition coefficient (Wildman–Crippen LogP) is 3.22. The quantitative estimate of drug-likeness (QED) is 0.813. The molecule has 0 radical (unpaired) electrons. The standard InChI is InChI=1S/C15H29NO/c1-11(2)13-4-6-15(7-5-13)16-12(3)14-8-9-17-10-14/h11-16H,4-10H2,1-3H3. The molecule has 0 spiro atoms. The molecule has 2 rings (SSSR count). The SMILES string of the molecule is CC(C)C1CCC(NC(C)C2CCOC2)CC1. The van der Waals surface area contributed by atoms with Crippen molar-refractivity contribution in [2.75, 3.05) is 13.2 Å². The first-order valence-corrected chi connectivity index (χ1v) is 7.50. The molecule has 100 valence electrons. The molecular formula is C15H29NO. The summed E-state index contributed by atoms with van der Waals surface area (Å²) in [7, 11) is 0. The van der Waals surface area contributed by atoms with Crippen molar-refractivity contribution in [1.82, 2.24) is 5.32 Å². The highest BCUT2D eigenvalue weighted by Crippen LogP contribution is 2.30. The zero-order valence-electron chi connectivity index (χ0n) is 11.7. The molecule has 2 fully saturated rings. The van der Waals surface area contributed by atoms with Crippen LogP contribution in [0.3, 0.4) is 0 Å². The van der Waals surface area contributed by atoms with Crippen LogP contribution in [0.5, 0.6) is 0 Å². The lowest BCUT2D eigenvalue weighted by molar-refractivity contribution is 0.170. The van der Waals surface area contributed by atoms with Crippen molar-refractivity contribution in [2.45, 2.75) is 65.0 Å². The van der Waals surface area contributed by atoms with Gasteiger partial charge in [0.25, 0.3) is 0 Å². The van der Waals surface area contributed by atoms with Crippen LogP contribution in [0.15, 0.2) is 0 Å². The van der Waals surface area contributed by atoms with Crippen LogP contribution in [0.2, 0.25) is 0 Å². The average Bonchev–Trinajstić information content (AvgIpc) is 2.83. The maximum absolute atomic E-state index is 5.48. The molecule has 2 heteroatoms. The summed E-state index contributed by atoms with van der Waals surface area (Å²) in [4.78, 5) is 0. The van der Waals surface area contributed by atoms with Crippen molar-refractivity contribution in [1.29, 1.82) is 0 Å². The molecule has 1 saturated heterocycles. The van der Waals surface area contributed by atoms with Crippen LogP contribution < -0.4 is 5.32 Å². The number of hydrogen-bond acceptors (Lipinski definition) is 2. The Labute approximate surface area is 107 Å². The van der Waals surface area contributed by atoms with Crippen molar-refractivity contribution in [3.63, 3.8) is 0 Å². The normalized spacial score (nSPS) is 36.4. The van der Waals surface area contributed by atoms with Gasteiger partial charge in [0.15, 0.2) is 0 Å². The first kappa shape index (κ1) is 13.4. The maximum Gasteiger partial charge on any atom is 0.0509 e. The predicted molar refractivity (Wildman–Crippen MR) is 72.1 cm³/mol. The molecule has 2 nitrogen and oxygen atoms in total. The molecule has 17 heavy (non-hydrogen) atoms. The number of ether oxygens (including phenoxy) is 1. The van der Waals surface area contributed by atoms with Gasteiger partial charge >= 0.3 is 0 Å². The fourth-order valence-corrected chi connectivity index (χ4v) is 3.41. The summed E-state index contributed by atoms with van der Waals surface area (Å²) in [5.41, 5.74) is 0. The Morgan fingerprint density at radius 3 is 2.18 bits per heavy atom. The van der Waals surface area contributed by atoms with E-state index in [0.29, 0.717) is 6.04 Å². The van der Waals surface area contributed by atoms with Crippen molar-refractivity contribution >= 4 is 0 Å². The van der Waals surface area contributed by atoms with Crippen molar-refractivity contribution < 1.29 is 4.74 Å². The molecule has 1 saturated carbocycles. The summed E-state index contributed by atoms with van der Waals surface area (Å²) >= 11 is 0. The van der Waals surface area contributed by atoms with E-state index < -0.39 is 0 Å². The van der Waals surface area contributed by atoms with E-state index in [2.05, 4.69) is 26.1 Å². The largest absolute Gasteiger partial charge is 0.381 e. The van der Waals surface area contributed by atoms with Gasteiger partial charge in [0.05, 0.1) is 6.61 Å². The third kappa shape index (κ3) is 3.69. The van der Waals surface area contributed by atoms with Crippen molar-refractivity contribution in [3.05, 3.63) is 0 Å². The molecule has 1 heterocycles. The summed E-state index contributed by atoms with van der Waals surface area (Å²) in [6.07, 6.45) is 6.84. The Balaban J connectivity index is 1.70. The lowest BCUT2D eigenvalue weighted by atomic mass is 9.79. The third-order valence-corrected chi connectivity index (χ3v) is 4.89. The lowest BCUT2D eigenvalue weighted by Crippen LogP contribution is -2.43. The number of nitrogens with one attached hydrogen (secondary N) is 1. The van der Waals surface area contributed by atoms with Gasteiger partial charge in [-0.05, 0) is 56.8 Å². The average molecular weight is 239 g/mol. The topological polar surface area (TPSA) is 21.3 Å². The Morgan fingerprint density at radius 2 is 1.65 bits per heavy atom. The van der Waals surface area contributed by atoms with Crippen molar-refractivity contribution in [3.8, 4) is 0 Å². The molecule has 2 aliphatic rings. The smallest absolute Gasteiger partial charge is 0.0509 e. The minimum atomic E-state index is 0.637. The molecule has 0 bridgehead atoms. The van der Waals surface area contributed by atoms with Gasteiger partial charge in [-0.25, -0.2) is 0 Å². The van der Waals surface area contributed by atoms with Gasteiger partial charge in [0.1, 0.15) is 0 Å². The molecule has 1 aliphatic heterocycles. The highest BCUT2D eigenvalue weighted by molar-refractivity contribution is 4.83. The van der Waals surface area contributed by atoms with Gasteiger partial charge in [0.2, 0.25) is 0 Å². The monoisotopic (exact) mass is 239 g/mol. The maximum atomic E-state index is 5.48. The van der Waals surface area contributed by atoms with Gasteiger partial charge in [-0.1, -0.05) is 13.8 Å². The summed E-state index contributed by atoms with van der Waals surface area (Å²) in [5.74, 6) is 2.59. The first-order chi connectivity index (χ1) is 8.16. The molecule has 1 aliphatic carbocycles. The van der Waals surface area contributed by atoms with Crippen LogP contribution in [0.4, 0.5) is 0 Å². The molecule has 1 N–H and O–H groups in total. The van der Waals surface area contributed by atoms with Crippen LogP contribution >= 0.6 is 0 Å². The molecule has 2 atom stereocenters. The lowest BCUT2D eigenvalue weighted by Gasteiger charge is -2.34. The van der Waals surface area contributed by atoms with E-state index in [1.807, 2.05) is 0 Å². The summed E-state index contributed by atoms with van der Waals surface area (Å²) in [6, 6.07) is 1.40. The van der Waals surface area contributed by atoms with E-state index in [1.54, 1.807) is 0 Å². The Morgan fingerprint density at radius 1 is 0.941 bits per heavy atom. The molecule has 0 aromatic heterocycles. The third-order valence-electron chi connectivity index (χ3n) is 4.89. The summed E-state index contributed by atoms with van der Waals surface area (Å²) < 4.78 is 5.48. The Bertz CT molecular complexity index is 215. The zero-order chi connectivity index (χ0) is 12.3. The fraction of sp³-hybridized carbons (Fsp3) is 1.00. The van der Waals surface area contributed by atoms with Gasteiger partial charge in [-0.15, -0.1) is 0 Å². The van der Waals surface area contributed by atoms with E-state index in [4.69, 9.17) is 4.74 Å². The van der Waals surface area contributed by atoms with Crippen LogP contribution in [0, 0.1) is 17.8 Å². The van der Waals surface area contributed by atoms with Gasteiger partial charge in [-0.3, -0.25) is 0 Å². The second-order valence-electron chi connectivity index (χ2n) is 6.43. The molecular weight excluding hydrogens is 210 g/mol. The van der Waals surface area contributed by atoms with Crippen LogP contribution in [0.1, 0.15) is 52.9 Å². The van der Waals surface area contributed by atoms with E-state index in [0.717, 1.165) is 37.0 Å². The fourth-order valence-electron chi connectivity index (χ4n) is 3.41. The number of rotatable bonds is 4. The first-order valence-electron chi connectivity index (χ1n) is 7.50. The van der Waals surface area contributed by atoms with Crippen LogP contribution in [0.25, 0.3) is 0 Å². The highest BCUT2D eigenvalue weighted by atomic mass is 16.5. The molecule has 0 amide bonds. The Hall–Kier alpha value is -0.0800. The van der Waals surface area contributed by atoms with E-state index in [1.165, 1.54) is 32.1 Å². The zero-order valence-corrected chi connectivity index (χ0v) is 11.7. The van der Waals surface area contributed by atoms with Gasteiger partial charge in [-0.2, -0.15) is 0 Å². The van der Waals surface area contributed by atoms with Gasteiger partial charge < -0.3 is 10.1 Å². The summed E-state index contributed by atoms with van der Waals surface area (Å²) in [5, 5.41) is 3.84. The Kier molecular flexibility index (Phi) is 4.87. The summed E-state index contributed by atoms with van der Waals surface area (Å²) in [6.45, 7) is 9.02. The van der Waals surface area contributed by atoms with E-state index in [9.17, 15) is 0 Å². The minimum absolute atomic E-state index is 0.637. The minimum Gasteiger partial charge on any atom is -0.381 e. The second-order valence-corrected chi connectivity index (χ2v) is 6.43. The second kappa shape index (κ2) is 6.19. The van der Waals surface area contributed by atoms with E-state index in [-0.39, 0.29) is 0 Å². The molecule has 0 aromatic rings. The van der Waals surface area contributed by atoms with E-state index >= 15 is 0 Å². The highest BCUT2D eigenvalue weighted by Gasteiger charge is 2.27. The van der Waals surface area contributed by atoms with Crippen LogP contribution in [-0.4, -0.2) is 25.3 Å². The van der Waals surface area contributed by atoms with Gasteiger partial charge in [0, 0.05) is 18.7 Å².